The summed E-state index contributed by atoms with van der Waals surface area (Å²) in [4.78, 5) is 28.8. The number of nitrogens with zero attached hydrogens (tertiary/aromatic N) is 4. The van der Waals surface area contributed by atoms with Gasteiger partial charge in [0.15, 0.2) is 5.69 Å². The summed E-state index contributed by atoms with van der Waals surface area (Å²) in [6.07, 6.45) is 1.65. The molecule has 18 heavy (non-hydrogen) atoms. The lowest BCUT2D eigenvalue weighted by Crippen LogP contribution is -2.33. The van der Waals surface area contributed by atoms with Gasteiger partial charge in [0.05, 0.1) is 12.4 Å². The third-order valence-electron chi connectivity index (χ3n) is 1.93. The third-order valence-corrected chi connectivity index (χ3v) is 1.93. The highest BCUT2D eigenvalue weighted by molar-refractivity contribution is 6.56. The second-order valence-electron chi connectivity index (χ2n) is 3.08. The van der Waals surface area contributed by atoms with E-state index in [1.807, 2.05) is 0 Å². The summed E-state index contributed by atoms with van der Waals surface area (Å²) in [6.45, 7) is 0. The van der Waals surface area contributed by atoms with Crippen LogP contribution in [0.5, 0.6) is 0 Å². The van der Waals surface area contributed by atoms with Crippen LogP contribution in [0.4, 0.5) is 11.5 Å². The van der Waals surface area contributed by atoms with Crippen LogP contribution in [0, 0.1) is 0 Å². The number of hydrogen-bond acceptors (Lipinski definition) is 8. The van der Waals surface area contributed by atoms with E-state index in [-0.39, 0.29) is 17.2 Å². The molecule has 0 aliphatic heterocycles. The highest BCUT2D eigenvalue weighted by Gasteiger charge is 2.09. The van der Waals surface area contributed by atoms with E-state index in [1.54, 1.807) is 0 Å². The molecule has 0 atom stereocenters. The molecule has 0 aliphatic carbocycles. The number of aromatic amines is 1. The highest BCUT2D eigenvalue weighted by atomic mass is 16.4. The number of aromatic nitrogens is 2. The number of nitrogens with two attached hydrogens (primary N) is 1. The van der Waals surface area contributed by atoms with Gasteiger partial charge in [-0.15, -0.1) is 0 Å². The van der Waals surface area contributed by atoms with Crippen LogP contribution in [0.25, 0.3) is 0 Å². The minimum atomic E-state index is -0.744. The summed E-state index contributed by atoms with van der Waals surface area (Å²) < 4.78 is 0.763. The number of oxime groups is 2. The SMILES string of the molecule is Cn1c(=O)[nH]c(N)c(N=C(/C=N/O)/C=N/O)c1=O. The zero-order valence-corrected chi connectivity index (χ0v) is 9.23. The molecule has 0 spiro atoms. The molecule has 0 saturated heterocycles. The molecule has 5 N–H and O–H groups in total. The van der Waals surface area contributed by atoms with Crippen molar-refractivity contribution in [3.8, 4) is 0 Å². The molecule has 0 unspecified atom stereocenters. The average molecular weight is 254 g/mol. The van der Waals surface area contributed by atoms with Crippen LogP contribution in [0.2, 0.25) is 0 Å². The lowest BCUT2D eigenvalue weighted by Gasteiger charge is -2.02. The van der Waals surface area contributed by atoms with Crippen LogP contribution < -0.4 is 17.0 Å². The molecule has 1 rings (SSSR count). The summed E-state index contributed by atoms with van der Waals surface area (Å²) in [5.74, 6) is -0.252. The van der Waals surface area contributed by atoms with Gasteiger partial charge in [0.25, 0.3) is 5.56 Å². The predicted octanol–water partition coefficient (Wildman–Crippen LogP) is -1.35. The number of nitrogens with one attached hydrogen (secondary N) is 1. The van der Waals surface area contributed by atoms with E-state index in [0.29, 0.717) is 0 Å². The van der Waals surface area contributed by atoms with Crippen LogP contribution in [0.1, 0.15) is 0 Å². The molecule has 1 heterocycles. The van der Waals surface area contributed by atoms with Gasteiger partial charge < -0.3 is 16.1 Å². The van der Waals surface area contributed by atoms with Crippen molar-refractivity contribution in [3.63, 3.8) is 0 Å². The van der Waals surface area contributed by atoms with Gasteiger partial charge in [0.2, 0.25) is 0 Å². The number of H-pyrrole nitrogens is 1. The number of rotatable bonds is 3. The molecule has 10 nitrogen and oxygen atoms in total. The molecule has 1 aromatic rings. The average Bonchev–Trinajstić information content (AvgIpc) is 2.32. The number of nitrogen functional groups attached to an aromatic ring is 1. The fraction of sp³-hybridized carbons (Fsp3) is 0.125. The molecule has 10 heteroatoms. The quantitative estimate of drug-likeness (QED) is 0.297. The van der Waals surface area contributed by atoms with Gasteiger partial charge in [-0.25, -0.2) is 9.79 Å². The first-order chi connectivity index (χ1) is 8.51. The van der Waals surface area contributed by atoms with Crippen molar-refractivity contribution in [1.82, 2.24) is 9.55 Å². The van der Waals surface area contributed by atoms with Crippen LogP contribution >= 0.6 is 0 Å². The monoisotopic (exact) mass is 254 g/mol. The van der Waals surface area contributed by atoms with E-state index < -0.39 is 11.2 Å². The Kier molecular flexibility index (Phi) is 3.97. The molecular weight excluding hydrogens is 244 g/mol. The molecule has 0 fully saturated rings. The Morgan fingerprint density at radius 1 is 1.33 bits per heavy atom. The van der Waals surface area contributed by atoms with Crippen molar-refractivity contribution >= 4 is 29.6 Å². The Labute approximate surface area is 99.4 Å². The first-order valence-corrected chi connectivity index (χ1v) is 4.53. The molecule has 0 amide bonds. The smallest absolute Gasteiger partial charge is 0.329 e. The van der Waals surface area contributed by atoms with Crippen LogP contribution in [0.15, 0.2) is 24.9 Å². The van der Waals surface area contributed by atoms with Crippen LogP contribution in [0.3, 0.4) is 0 Å². The van der Waals surface area contributed by atoms with Gasteiger partial charge in [-0.3, -0.25) is 14.3 Å². The minimum absolute atomic E-state index is 0.143. The zero-order chi connectivity index (χ0) is 13.7. The topological polar surface area (TPSA) is 158 Å². The molecule has 0 radical (unpaired) electrons. The Hall–Kier alpha value is -2.91. The van der Waals surface area contributed by atoms with Gasteiger partial charge >= 0.3 is 5.69 Å². The van der Waals surface area contributed by atoms with Crippen molar-refractivity contribution in [2.75, 3.05) is 5.73 Å². The second-order valence-corrected chi connectivity index (χ2v) is 3.08. The van der Waals surface area contributed by atoms with E-state index in [0.717, 1.165) is 17.0 Å². The fourth-order valence-corrected chi connectivity index (χ4v) is 1.07. The first kappa shape index (κ1) is 13.2. The molecular formula is C8H10N6O4. The first-order valence-electron chi connectivity index (χ1n) is 4.53. The van der Waals surface area contributed by atoms with Gasteiger partial charge in [-0.05, 0) is 0 Å². The Balaban J connectivity index is 3.51. The van der Waals surface area contributed by atoms with Crippen molar-refractivity contribution in [2.24, 2.45) is 22.4 Å². The standard InChI is InChI=1S/C8H10N6O4/c1-14-7(15)5(6(9)13-8(14)16)12-4(2-10-17)3-11-18/h2-3,17-18H,9H2,1H3,(H,13,16)/b10-2+,11-3+. The maximum atomic E-state index is 11.7. The molecule has 0 bridgehead atoms. The Morgan fingerprint density at radius 2 is 1.89 bits per heavy atom. The molecule has 96 valence electrons. The molecule has 0 aromatic carbocycles. The number of aliphatic imine (C=N–C) groups is 1. The molecule has 0 saturated carbocycles. The van der Waals surface area contributed by atoms with Gasteiger partial charge in [0.1, 0.15) is 11.5 Å². The number of hydrogen-bond donors (Lipinski definition) is 4. The lowest BCUT2D eigenvalue weighted by molar-refractivity contribution is 0.321. The van der Waals surface area contributed by atoms with E-state index in [9.17, 15) is 9.59 Å². The normalized spacial score (nSPS) is 11.2. The lowest BCUT2D eigenvalue weighted by atomic mass is 10.4. The van der Waals surface area contributed by atoms with Crippen LogP contribution in [-0.4, -0.2) is 38.1 Å². The van der Waals surface area contributed by atoms with E-state index in [4.69, 9.17) is 16.1 Å². The minimum Gasteiger partial charge on any atom is -0.411 e. The summed E-state index contributed by atoms with van der Waals surface area (Å²) in [5, 5.41) is 22.0. The number of anilines is 1. The maximum absolute atomic E-state index is 11.7. The largest absolute Gasteiger partial charge is 0.411 e. The third kappa shape index (κ3) is 2.61. The Bertz CT molecular complexity index is 624. The van der Waals surface area contributed by atoms with Crippen molar-refractivity contribution in [2.45, 2.75) is 0 Å². The van der Waals surface area contributed by atoms with E-state index in [2.05, 4.69) is 20.3 Å². The zero-order valence-electron chi connectivity index (χ0n) is 9.23. The van der Waals surface area contributed by atoms with Crippen LogP contribution in [-0.2, 0) is 7.05 Å². The van der Waals surface area contributed by atoms with Crippen molar-refractivity contribution < 1.29 is 10.4 Å². The van der Waals surface area contributed by atoms with Gasteiger partial charge in [-0.2, -0.15) is 0 Å². The van der Waals surface area contributed by atoms with Crippen molar-refractivity contribution in [1.29, 1.82) is 0 Å². The summed E-state index contributed by atoms with van der Waals surface area (Å²) in [6, 6.07) is 0. The Morgan fingerprint density at radius 3 is 2.39 bits per heavy atom. The van der Waals surface area contributed by atoms with E-state index >= 15 is 0 Å². The fourth-order valence-electron chi connectivity index (χ4n) is 1.07. The summed E-state index contributed by atoms with van der Waals surface area (Å²) in [7, 11) is 1.24. The van der Waals surface area contributed by atoms with Crippen molar-refractivity contribution in [3.05, 3.63) is 20.8 Å². The van der Waals surface area contributed by atoms with Gasteiger partial charge in [0, 0.05) is 7.05 Å². The second kappa shape index (κ2) is 5.43. The summed E-state index contributed by atoms with van der Waals surface area (Å²) in [5.41, 5.74) is 3.59. The van der Waals surface area contributed by atoms with Gasteiger partial charge in [-0.1, -0.05) is 10.3 Å². The molecule has 0 aliphatic rings. The van der Waals surface area contributed by atoms with E-state index in [1.165, 1.54) is 7.05 Å². The maximum Gasteiger partial charge on any atom is 0.329 e. The molecule has 1 aromatic heterocycles. The highest BCUT2D eigenvalue weighted by Crippen LogP contribution is 2.10. The predicted molar refractivity (Wildman–Crippen MR) is 64.4 cm³/mol. The summed E-state index contributed by atoms with van der Waals surface area (Å²) >= 11 is 0.